The summed E-state index contributed by atoms with van der Waals surface area (Å²) in [7, 11) is 0. The molecule has 0 radical (unpaired) electrons. The number of aromatic nitrogens is 1. The third-order valence-electron chi connectivity index (χ3n) is 4.58. The van der Waals surface area contributed by atoms with Gasteiger partial charge in [-0.2, -0.15) is 0 Å². The normalized spacial score (nSPS) is 26.0. The van der Waals surface area contributed by atoms with Crippen LogP contribution in [0.1, 0.15) is 50.4 Å². The van der Waals surface area contributed by atoms with E-state index in [2.05, 4.69) is 24.1 Å². The number of nitrogens with zero attached hydrogens (tertiary/aromatic N) is 1. The van der Waals surface area contributed by atoms with Crippen LogP contribution in [-0.4, -0.2) is 29.0 Å². The summed E-state index contributed by atoms with van der Waals surface area (Å²) in [6.45, 7) is 5.98. The molecule has 0 unspecified atom stereocenters. The second-order valence-electron chi connectivity index (χ2n) is 6.17. The Labute approximate surface area is 131 Å². The van der Waals surface area contributed by atoms with Gasteiger partial charge in [0.15, 0.2) is 6.10 Å². The number of amides is 1. The van der Waals surface area contributed by atoms with Crippen LogP contribution >= 0.6 is 0 Å². The zero-order valence-corrected chi connectivity index (χ0v) is 13.4. The number of pyridine rings is 1. The van der Waals surface area contributed by atoms with Crippen LogP contribution in [0.3, 0.4) is 0 Å². The molecule has 1 aliphatic rings. The first-order valence-electron chi connectivity index (χ1n) is 7.90. The van der Waals surface area contributed by atoms with Crippen molar-refractivity contribution in [3.63, 3.8) is 0 Å². The van der Waals surface area contributed by atoms with Gasteiger partial charge < -0.3 is 10.1 Å². The van der Waals surface area contributed by atoms with E-state index in [1.54, 1.807) is 25.3 Å². The van der Waals surface area contributed by atoms with E-state index in [0.717, 1.165) is 12.8 Å². The number of nitrogens with one attached hydrogen (secondary N) is 1. The van der Waals surface area contributed by atoms with Crippen LogP contribution in [0.4, 0.5) is 0 Å². The summed E-state index contributed by atoms with van der Waals surface area (Å²) < 4.78 is 5.21. The molecule has 0 aromatic carbocycles. The molecular weight excluding hydrogens is 280 g/mol. The molecule has 120 valence electrons. The highest BCUT2D eigenvalue weighted by Crippen LogP contribution is 2.29. The summed E-state index contributed by atoms with van der Waals surface area (Å²) in [6.07, 6.45) is 5.52. The van der Waals surface area contributed by atoms with Crippen LogP contribution in [0.5, 0.6) is 0 Å². The Hall–Kier alpha value is -1.91. The molecule has 5 heteroatoms. The van der Waals surface area contributed by atoms with E-state index >= 15 is 0 Å². The molecular formula is C17H24N2O3. The predicted molar refractivity (Wildman–Crippen MR) is 83.2 cm³/mol. The fourth-order valence-corrected chi connectivity index (χ4v) is 2.85. The molecule has 0 spiro atoms. The minimum atomic E-state index is -0.808. The molecule has 1 aromatic heterocycles. The molecule has 5 nitrogen and oxygen atoms in total. The Morgan fingerprint density at radius 3 is 2.82 bits per heavy atom. The van der Waals surface area contributed by atoms with Gasteiger partial charge in [0.05, 0.1) is 5.56 Å². The van der Waals surface area contributed by atoms with E-state index in [1.165, 1.54) is 12.6 Å². The lowest BCUT2D eigenvalue weighted by atomic mass is 9.78. The predicted octanol–water partition coefficient (Wildman–Crippen LogP) is 2.57. The first-order chi connectivity index (χ1) is 10.5. The molecule has 4 atom stereocenters. The van der Waals surface area contributed by atoms with Crippen molar-refractivity contribution in [1.29, 1.82) is 0 Å². The molecule has 22 heavy (non-hydrogen) atoms. The van der Waals surface area contributed by atoms with Crippen LogP contribution in [0.2, 0.25) is 0 Å². The summed E-state index contributed by atoms with van der Waals surface area (Å²) >= 11 is 0. The zero-order chi connectivity index (χ0) is 16.1. The van der Waals surface area contributed by atoms with Gasteiger partial charge in [0.25, 0.3) is 5.91 Å². The third-order valence-corrected chi connectivity index (χ3v) is 4.58. The van der Waals surface area contributed by atoms with Gasteiger partial charge in [-0.25, -0.2) is 4.79 Å². The second kappa shape index (κ2) is 7.38. The van der Waals surface area contributed by atoms with E-state index in [1.807, 2.05) is 0 Å². The first-order valence-corrected chi connectivity index (χ1v) is 7.90. The van der Waals surface area contributed by atoms with Crippen molar-refractivity contribution < 1.29 is 14.3 Å². The van der Waals surface area contributed by atoms with Crippen LogP contribution in [0, 0.1) is 11.8 Å². The lowest BCUT2D eigenvalue weighted by molar-refractivity contribution is -0.130. The Morgan fingerprint density at radius 2 is 2.14 bits per heavy atom. The minimum Gasteiger partial charge on any atom is -0.449 e. The molecule has 1 saturated carbocycles. The van der Waals surface area contributed by atoms with Crippen LogP contribution in [-0.2, 0) is 9.53 Å². The maximum absolute atomic E-state index is 12.2. The highest BCUT2D eigenvalue weighted by atomic mass is 16.5. The largest absolute Gasteiger partial charge is 0.449 e. The molecule has 1 heterocycles. The number of carbonyl (C=O) groups excluding carboxylic acids is 2. The van der Waals surface area contributed by atoms with Gasteiger partial charge in [-0.05, 0) is 37.3 Å². The van der Waals surface area contributed by atoms with Crippen molar-refractivity contribution in [3.05, 3.63) is 30.1 Å². The lowest BCUT2D eigenvalue weighted by Crippen LogP contribution is -2.47. The number of esters is 1. The Bertz CT molecular complexity index is 518. The molecule has 1 aromatic rings. The highest BCUT2D eigenvalue weighted by Gasteiger charge is 2.30. The maximum Gasteiger partial charge on any atom is 0.340 e. The first kappa shape index (κ1) is 16.5. The van der Waals surface area contributed by atoms with Crippen LogP contribution in [0.25, 0.3) is 0 Å². The van der Waals surface area contributed by atoms with Crippen molar-refractivity contribution in [2.45, 2.75) is 52.2 Å². The maximum atomic E-state index is 12.2. The lowest BCUT2D eigenvalue weighted by Gasteiger charge is -2.35. The Morgan fingerprint density at radius 1 is 1.36 bits per heavy atom. The third kappa shape index (κ3) is 4.06. The number of hydrogen-bond donors (Lipinski definition) is 1. The van der Waals surface area contributed by atoms with E-state index in [0.29, 0.717) is 17.4 Å². The van der Waals surface area contributed by atoms with Crippen molar-refractivity contribution in [3.8, 4) is 0 Å². The monoisotopic (exact) mass is 304 g/mol. The number of rotatable bonds is 4. The SMILES string of the molecule is C[C@@H]1[C@@H](C)CCC[C@H]1NC(=O)[C@@H](C)OC(=O)c1cccnc1. The van der Waals surface area contributed by atoms with Gasteiger partial charge in [0.1, 0.15) is 0 Å². The summed E-state index contributed by atoms with van der Waals surface area (Å²) in [5.74, 6) is 0.287. The molecule has 1 amide bonds. The summed E-state index contributed by atoms with van der Waals surface area (Å²) in [4.78, 5) is 28.0. The highest BCUT2D eigenvalue weighted by molar-refractivity contribution is 5.91. The molecule has 0 saturated heterocycles. The molecule has 2 rings (SSSR count). The quantitative estimate of drug-likeness (QED) is 0.868. The summed E-state index contributed by atoms with van der Waals surface area (Å²) in [6, 6.07) is 3.44. The fraction of sp³-hybridized carbons (Fsp3) is 0.588. The van der Waals surface area contributed by atoms with Gasteiger partial charge in [0, 0.05) is 18.4 Å². The van der Waals surface area contributed by atoms with Crippen molar-refractivity contribution in [2.75, 3.05) is 0 Å². The fourth-order valence-electron chi connectivity index (χ4n) is 2.85. The Kier molecular flexibility index (Phi) is 5.52. The standard InChI is InChI=1S/C17H24N2O3/c1-11-6-4-8-15(12(11)2)19-16(20)13(3)22-17(21)14-7-5-9-18-10-14/h5,7,9-13,15H,4,6,8H2,1-3H3,(H,19,20)/t11-,12+,13+,15+/m0/s1. The minimum absolute atomic E-state index is 0.163. The summed E-state index contributed by atoms with van der Waals surface area (Å²) in [5, 5.41) is 3.02. The number of carbonyl (C=O) groups is 2. The van der Waals surface area contributed by atoms with E-state index in [9.17, 15) is 9.59 Å². The van der Waals surface area contributed by atoms with Gasteiger partial charge >= 0.3 is 5.97 Å². The molecule has 0 aliphatic heterocycles. The second-order valence-corrected chi connectivity index (χ2v) is 6.17. The topological polar surface area (TPSA) is 68.3 Å². The molecule has 1 aliphatic carbocycles. The Balaban J connectivity index is 1.88. The zero-order valence-electron chi connectivity index (χ0n) is 13.4. The van der Waals surface area contributed by atoms with Gasteiger partial charge in [-0.1, -0.05) is 26.7 Å². The van der Waals surface area contributed by atoms with Crippen LogP contribution < -0.4 is 5.32 Å². The van der Waals surface area contributed by atoms with Gasteiger partial charge in [-0.3, -0.25) is 9.78 Å². The molecule has 1 fully saturated rings. The number of ether oxygens (including phenoxy) is 1. The van der Waals surface area contributed by atoms with Crippen LogP contribution in [0.15, 0.2) is 24.5 Å². The van der Waals surface area contributed by atoms with Gasteiger partial charge in [0.2, 0.25) is 0 Å². The van der Waals surface area contributed by atoms with Crippen molar-refractivity contribution >= 4 is 11.9 Å². The average molecular weight is 304 g/mol. The van der Waals surface area contributed by atoms with E-state index in [-0.39, 0.29) is 11.9 Å². The van der Waals surface area contributed by atoms with Crippen molar-refractivity contribution in [1.82, 2.24) is 10.3 Å². The average Bonchev–Trinajstić information content (AvgIpc) is 2.52. The van der Waals surface area contributed by atoms with E-state index in [4.69, 9.17) is 4.74 Å². The van der Waals surface area contributed by atoms with E-state index < -0.39 is 12.1 Å². The summed E-state index contributed by atoms with van der Waals surface area (Å²) in [5.41, 5.74) is 0.349. The van der Waals surface area contributed by atoms with Crippen molar-refractivity contribution in [2.24, 2.45) is 11.8 Å². The molecule has 1 N–H and O–H groups in total. The van der Waals surface area contributed by atoms with Gasteiger partial charge in [-0.15, -0.1) is 0 Å². The smallest absolute Gasteiger partial charge is 0.340 e. The molecule has 0 bridgehead atoms. The number of hydrogen-bond acceptors (Lipinski definition) is 4.